The molecule has 1 aliphatic rings. The minimum Gasteiger partial charge on any atom is -0.484 e. The number of nitrogens with one attached hydrogen (secondary N) is 2. The lowest BCUT2D eigenvalue weighted by molar-refractivity contribution is -0.136. The number of hydrogen-bond acceptors (Lipinski definition) is 7. The van der Waals surface area contributed by atoms with Crippen molar-refractivity contribution in [2.75, 3.05) is 45.6 Å². The van der Waals surface area contributed by atoms with Gasteiger partial charge in [-0.2, -0.15) is 0 Å². The van der Waals surface area contributed by atoms with Crippen molar-refractivity contribution in [3.8, 4) is 5.75 Å². The van der Waals surface area contributed by atoms with Crippen molar-refractivity contribution >= 4 is 27.7 Å². The van der Waals surface area contributed by atoms with Crippen LogP contribution in [0.2, 0.25) is 0 Å². The van der Waals surface area contributed by atoms with E-state index in [0.717, 1.165) is 56.3 Å². The zero-order chi connectivity index (χ0) is 37.6. The quantitative estimate of drug-likeness (QED) is 0.165. The standard InChI is InChI=1S/C42H50N4O6S/c1-32(47)43-24-22-36-13-7-9-15-38(36)29-37-14-8-6-12-35(37)18-21-42(49)46-27-26-45(25-23-33-10-4-3-5-11-33)30-39(46)28-34-16-19-40(20-17-34)52-31-41(48)44-53(2,50)51/h3-17,19-20,39H,18,21-31H2,1-2H3,(H,43,47)(H,44,48). The van der Waals surface area contributed by atoms with Crippen LogP contribution in [0.4, 0.5) is 0 Å². The summed E-state index contributed by atoms with van der Waals surface area (Å²) in [5.41, 5.74) is 7.11. The fraction of sp³-hybridized carbons (Fsp3) is 0.357. The second-order valence-electron chi connectivity index (χ2n) is 13.7. The predicted molar refractivity (Wildman–Crippen MR) is 207 cm³/mol. The normalized spacial score (nSPS) is 14.8. The molecule has 4 aromatic carbocycles. The number of carbonyl (C=O) groups is 3. The molecule has 0 radical (unpaired) electrons. The third-order valence-corrected chi connectivity index (χ3v) is 10.1. The van der Waals surface area contributed by atoms with E-state index in [1.165, 1.54) is 29.2 Å². The average molecular weight is 739 g/mol. The van der Waals surface area contributed by atoms with Crippen LogP contribution in [0.5, 0.6) is 5.75 Å². The maximum absolute atomic E-state index is 14.0. The van der Waals surface area contributed by atoms with Gasteiger partial charge in [-0.25, -0.2) is 8.42 Å². The smallest absolute Gasteiger partial charge is 0.271 e. The van der Waals surface area contributed by atoms with Crippen LogP contribution < -0.4 is 14.8 Å². The van der Waals surface area contributed by atoms with Crippen LogP contribution in [-0.2, 0) is 56.5 Å². The van der Waals surface area contributed by atoms with Gasteiger partial charge in [0.15, 0.2) is 6.61 Å². The fourth-order valence-electron chi connectivity index (χ4n) is 6.85. The second-order valence-corrected chi connectivity index (χ2v) is 15.4. The first-order valence-electron chi connectivity index (χ1n) is 18.2. The molecule has 53 heavy (non-hydrogen) atoms. The van der Waals surface area contributed by atoms with Gasteiger partial charge in [-0.1, -0.05) is 91.0 Å². The Morgan fingerprint density at radius 1 is 0.755 bits per heavy atom. The van der Waals surface area contributed by atoms with E-state index in [2.05, 4.69) is 63.6 Å². The van der Waals surface area contributed by atoms with E-state index >= 15 is 0 Å². The summed E-state index contributed by atoms with van der Waals surface area (Å²) in [6, 6.07) is 34.5. The van der Waals surface area contributed by atoms with E-state index in [1.54, 1.807) is 12.1 Å². The number of hydrogen-bond donors (Lipinski definition) is 2. The van der Waals surface area contributed by atoms with Crippen molar-refractivity contribution in [3.05, 3.63) is 137 Å². The molecule has 0 aromatic heterocycles. The van der Waals surface area contributed by atoms with Gasteiger partial charge < -0.3 is 15.0 Å². The molecule has 1 atom stereocenters. The second kappa shape index (κ2) is 19.2. The van der Waals surface area contributed by atoms with Crippen LogP contribution >= 0.6 is 0 Å². The molecule has 5 rings (SSSR count). The molecule has 1 heterocycles. The van der Waals surface area contributed by atoms with Crippen LogP contribution in [0.15, 0.2) is 103 Å². The van der Waals surface area contributed by atoms with Crippen LogP contribution in [0, 0.1) is 0 Å². The Morgan fingerprint density at radius 3 is 2.02 bits per heavy atom. The predicted octanol–water partition coefficient (Wildman–Crippen LogP) is 4.34. The van der Waals surface area contributed by atoms with Gasteiger partial charge in [0, 0.05) is 52.1 Å². The van der Waals surface area contributed by atoms with Crippen molar-refractivity contribution in [2.45, 2.75) is 51.5 Å². The molecule has 0 saturated carbocycles. The minimum atomic E-state index is -3.66. The van der Waals surface area contributed by atoms with E-state index in [9.17, 15) is 22.8 Å². The first kappa shape index (κ1) is 39.2. The first-order chi connectivity index (χ1) is 25.5. The maximum atomic E-state index is 14.0. The zero-order valence-electron chi connectivity index (χ0n) is 30.6. The molecule has 3 amide bonds. The van der Waals surface area contributed by atoms with Gasteiger partial charge >= 0.3 is 0 Å². The molecule has 2 N–H and O–H groups in total. The Morgan fingerprint density at radius 2 is 1.38 bits per heavy atom. The van der Waals surface area contributed by atoms with Gasteiger partial charge in [-0.05, 0) is 77.6 Å². The molecular formula is C42H50N4O6S. The van der Waals surface area contributed by atoms with Gasteiger partial charge in [0.25, 0.3) is 5.91 Å². The Labute approximate surface area is 313 Å². The molecule has 4 aromatic rings. The van der Waals surface area contributed by atoms with E-state index in [-0.39, 0.29) is 17.9 Å². The van der Waals surface area contributed by atoms with Gasteiger partial charge in [0.05, 0.1) is 6.26 Å². The number of nitrogens with zero attached hydrogens (tertiary/aromatic N) is 2. The summed E-state index contributed by atoms with van der Waals surface area (Å²) >= 11 is 0. The number of carbonyl (C=O) groups excluding carboxylic acids is 3. The lowest BCUT2D eigenvalue weighted by atomic mass is 9.93. The highest BCUT2D eigenvalue weighted by Crippen LogP contribution is 2.23. The van der Waals surface area contributed by atoms with Gasteiger partial charge in [-0.3, -0.25) is 24.0 Å². The summed E-state index contributed by atoms with van der Waals surface area (Å²) in [7, 11) is -3.66. The van der Waals surface area contributed by atoms with Crippen LogP contribution in [-0.4, -0.2) is 87.6 Å². The lowest BCUT2D eigenvalue weighted by Crippen LogP contribution is -2.56. The molecule has 0 bridgehead atoms. The Bertz CT molecular complexity index is 1930. The largest absolute Gasteiger partial charge is 0.484 e. The molecule has 1 fully saturated rings. The van der Waals surface area contributed by atoms with Gasteiger partial charge in [0.1, 0.15) is 5.75 Å². The van der Waals surface area contributed by atoms with Crippen molar-refractivity contribution in [1.29, 1.82) is 0 Å². The van der Waals surface area contributed by atoms with Crippen LogP contribution in [0.3, 0.4) is 0 Å². The number of ether oxygens (including phenoxy) is 1. The maximum Gasteiger partial charge on any atom is 0.271 e. The summed E-state index contributed by atoms with van der Waals surface area (Å²) in [4.78, 5) is 41.8. The minimum absolute atomic E-state index is 0.0231. The van der Waals surface area contributed by atoms with Crippen LogP contribution in [0.25, 0.3) is 0 Å². The molecule has 10 nitrogen and oxygen atoms in total. The Balaban J connectivity index is 1.24. The summed E-state index contributed by atoms with van der Waals surface area (Å²) in [5, 5.41) is 2.89. The summed E-state index contributed by atoms with van der Waals surface area (Å²) in [5.74, 6) is -0.185. The zero-order valence-corrected chi connectivity index (χ0v) is 31.4. The van der Waals surface area contributed by atoms with Crippen molar-refractivity contribution in [3.63, 3.8) is 0 Å². The number of piperazine rings is 1. The molecule has 0 aliphatic carbocycles. The summed E-state index contributed by atoms with van der Waals surface area (Å²) in [6.45, 7) is 4.83. The van der Waals surface area contributed by atoms with E-state index in [1.807, 2.05) is 47.2 Å². The molecule has 1 unspecified atom stereocenters. The van der Waals surface area contributed by atoms with E-state index < -0.39 is 22.5 Å². The fourth-order valence-corrected chi connectivity index (χ4v) is 7.32. The number of rotatable bonds is 17. The monoisotopic (exact) mass is 738 g/mol. The van der Waals surface area contributed by atoms with Crippen molar-refractivity contribution in [2.24, 2.45) is 0 Å². The summed E-state index contributed by atoms with van der Waals surface area (Å²) < 4.78 is 30.0. The Kier molecular flexibility index (Phi) is 14.2. The highest BCUT2D eigenvalue weighted by atomic mass is 32.2. The topological polar surface area (TPSA) is 125 Å². The molecule has 1 aliphatic heterocycles. The third-order valence-electron chi connectivity index (χ3n) is 9.50. The Hall–Kier alpha value is -5.00. The number of aryl methyl sites for hydroxylation is 1. The number of benzene rings is 4. The van der Waals surface area contributed by atoms with Crippen molar-refractivity contribution < 1.29 is 27.5 Å². The van der Waals surface area contributed by atoms with Crippen LogP contribution in [0.1, 0.15) is 46.7 Å². The average Bonchev–Trinajstić information content (AvgIpc) is 3.13. The first-order valence-corrected chi connectivity index (χ1v) is 20.1. The highest BCUT2D eigenvalue weighted by molar-refractivity contribution is 7.89. The van der Waals surface area contributed by atoms with Gasteiger partial charge in [0.2, 0.25) is 21.8 Å². The molecule has 1 saturated heterocycles. The highest BCUT2D eigenvalue weighted by Gasteiger charge is 2.30. The molecule has 11 heteroatoms. The third kappa shape index (κ3) is 12.9. The number of sulfonamides is 1. The summed E-state index contributed by atoms with van der Waals surface area (Å²) in [6.07, 6.45) is 5.08. The van der Waals surface area contributed by atoms with Gasteiger partial charge in [-0.15, -0.1) is 0 Å². The number of amides is 3. The SMILES string of the molecule is CC(=O)NCCc1ccccc1Cc1ccccc1CCC(=O)N1CCN(CCc2ccccc2)CC1Cc1ccc(OCC(=O)NS(C)(=O)=O)cc1. The van der Waals surface area contributed by atoms with E-state index in [4.69, 9.17) is 4.74 Å². The van der Waals surface area contributed by atoms with Crippen molar-refractivity contribution in [1.82, 2.24) is 19.8 Å². The molecule has 0 spiro atoms. The van der Waals surface area contributed by atoms with E-state index in [0.29, 0.717) is 38.1 Å². The molecular weight excluding hydrogens is 689 g/mol. The molecule has 280 valence electrons. The lowest BCUT2D eigenvalue weighted by Gasteiger charge is -2.42.